The minimum Gasteiger partial charge on any atom is -0.462 e. The van der Waals surface area contributed by atoms with Crippen molar-refractivity contribution in [2.45, 2.75) is 46.3 Å². The van der Waals surface area contributed by atoms with Gasteiger partial charge in [-0.1, -0.05) is 0 Å². The van der Waals surface area contributed by atoms with Crippen LogP contribution in [0.4, 0.5) is 0 Å². The molecule has 3 rings (SSSR count). The molecule has 2 aromatic rings. The van der Waals surface area contributed by atoms with Gasteiger partial charge in [0.15, 0.2) is 0 Å². The second-order valence-corrected chi connectivity index (χ2v) is 6.59. The summed E-state index contributed by atoms with van der Waals surface area (Å²) in [5.41, 5.74) is 1.62. The maximum atomic E-state index is 12.4. The molecule has 1 unspecified atom stereocenters. The van der Waals surface area contributed by atoms with Crippen LogP contribution in [0.5, 0.6) is 0 Å². The number of benzene rings is 1. The number of aromatic nitrogens is 2. The number of hydrogen-bond donors (Lipinski definition) is 2. The predicted octanol–water partition coefficient (Wildman–Crippen LogP) is 1.51. The van der Waals surface area contributed by atoms with Crippen LogP contribution in [0.15, 0.2) is 10.9 Å². The molecule has 1 atom stereocenters. The lowest BCUT2D eigenvalue weighted by Crippen LogP contribution is -2.32. The molecule has 8 heteroatoms. The van der Waals surface area contributed by atoms with Crippen LogP contribution in [0.25, 0.3) is 10.8 Å². The van der Waals surface area contributed by atoms with Crippen molar-refractivity contribution < 1.29 is 19.1 Å². The number of rotatable bonds is 5. The number of esters is 2. The predicted molar refractivity (Wildman–Crippen MR) is 98.6 cm³/mol. The molecular weight excluding hydrogens is 350 g/mol. The summed E-state index contributed by atoms with van der Waals surface area (Å²) in [4.78, 5) is 36.7. The van der Waals surface area contributed by atoms with E-state index in [1.54, 1.807) is 26.8 Å². The van der Waals surface area contributed by atoms with Crippen LogP contribution in [0.3, 0.4) is 0 Å². The van der Waals surface area contributed by atoms with Crippen molar-refractivity contribution in [1.29, 1.82) is 0 Å². The van der Waals surface area contributed by atoms with Crippen LogP contribution in [0.2, 0.25) is 0 Å². The highest BCUT2D eigenvalue weighted by atomic mass is 16.5. The first-order valence-electron chi connectivity index (χ1n) is 9.02. The van der Waals surface area contributed by atoms with E-state index in [1.165, 1.54) is 0 Å². The van der Waals surface area contributed by atoms with Crippen molar-refractivity contribution in [1.82, 2.24) is 15.5 Å². The van der Waals surface area contributed by atoms with Gasteiger partial charge in [-0.2, -0.15) is 5.10 Å². The molecule has 0 radical (unpaired) electrons. The lowest BCUT2D eigenvalue weighted by atomic mass is 9.96. The third-order valence-electron chi connectivity index (χ3n) is 4.78. The summed E-state index contributed by atoms with van der Waals surface area (Å²) in [6.45, 7) is 6.20. The molecule has 0 bridgehead atoms. The van der Waals surface area contributed by atoms with Gasteiger partial charge in [0.05, 0.1) is 17.6 Å². The summed E-state index contributed by atoms with van der Waals surface area (Å²) in [5.74, 6) is -0.795. The molecule has 144 valence electrons. The normalized spacial score (nSPS) is 16.5. The third-order valence-corrected chi connectivity index (χ3v) is 4.78. The minimum absolute atomic E-state index is 0.0536. The molecule has 1 aliphatic heterocycles. The number of carbonyl (C=O) groups is 2. The molecule has 0 saturated carbocycles. The average molecular weight is 373 g/mol. The minimum atomic E-state index is -0.467. The summed E-state index contributed by atoms with van der Waals surface area (Å²) in [5, 5.41) is 10.5. The van der Waals surface area contributed by atoms with Gasteiger partial charge in [-0.15, -0.1) is 0 Å². The molecule has 1 aromatic heterocycles. The number of hydrogen-bond acceptors (Lipinski definition) is 7. The Morgan fingerprint density at radius 2 is 2.07 bits per heavy atom. The van der Waals surface area contributed by atoms with Crippen molar-refractivity contribution in [2.75, 3.05) is 13.2 Å². The molecule has 1 aromatic carbocycles. The van der Waals surface area contributed by atoms with Gasteiger partial charge >= 0.3 is 11.9 Å². The van der Waals surface area contributed by atoms with Crippen molar-refractivity contribution >= 4 is 22.7 Å². The molecular formula is C19H23N3O5. The molecule has 2 heterocycles. The summed E-state index contributed by atoms with van der Waals surface area (Å²) in [6, 6.07) is 1.42. The van der Waals surface area contributed by atoms with E-state index in [9.17, 15) is 14.4 Å². The largest absolute Gasteiger partial charge is 0.462 e. The zero-order valence-electron chi connectivity index (χ0n) is 15.7. The number of nitrogens with one attached hydrogen (secondary N) is 2. The van der Waals surface area contributed by atoms with Crippen molar-refractivity contribution in [3.05, 3.63) is 38.8 Å². The number of fused-ring (bicyclic) bond motifs is 1. The lowest BCUT2D eigenvalue weighted by molar-refractivity contribution is -0.147. The van der Waals surface area contributed by atoms with E-state index in [0.717, 1.165) is 19.4 Å². The van der Waals surface area contributed by atoms with Gasteiger partial charge in [-0.3, -0.25) is 9.59 Å². The van der Waals surface area contributed by atoms with Crippen LogP contribution in [-0.4, -0.2) is 41.3 Å². The van der Waals surface area contributed by atoms with E-state index < -0.39 is 11.5 Å². The Balaban J connectivity index is 1.98. The number of H-pyrrole nitrogens is 1. The number of aromatic amines is 1. The molecule has 1 saturated heterocycles. The van der Waals surface area contributed by atoms with Gasteiger partial charge in [0.1, 0.15) is 18.3 Å². The highest BCUT2D eigenvalue weighted by molar-refractivity contribution is 6.00. The Bertz CT molecular complexity index is 944. The lowest BCUT2D eigenvalue weighted by Gasteiger charge is -2.14. The summed E-state index contributed by atoms with van der Waals surface area (Å²) in [6.07, 6.45) is 1.69. The van der Waals surface area contributed by atoms with Gasteiger partial charge in [-0.25, -0.2) is 9.89 Å². The van der Waals surface area contributed by atoms with E-state index in [0.29, 0.717) is 33.2 Å². The average Bonchev–Trinajstić information content (AvgIpc) is 3.15. The Morgan fingerprint density at radius 1 is 1.30 bits per heavy atom. The highest BCUT2D eigenvalue weighted by Gasteiger charge is 2.24. The summed E-state index contributed by atoms with van der Waals surface area (Å²) < 4.78 is 10.5. The molecule has 1 fully saturated rings. The number of carbonyl (C=O) groups excluding carboxylic acids is 2. The zero-order chi connectivity index (χ0) is 19.6. The SMILES string of the molecule is CCOC(=O)c1c(C)cc2c(COC(=O)C3CCCN3)n[nH]c(=O)c2c1C. The van der Waals surface area contributed by atoms with Crippen molar-refractivity contribution in [2.24, 2.45) is 0 Å². The Kier molecular flexibility index (Phi) is 5.55. The topological polar surface area (TPSA) is 110 Å². The zero-order valence-corrected chi connectivity index (χ0v) is 15.7. The molecule has 8 nitrogen and oxygen atoms in total. The van der Waals surface area contributed by atoms with Crippen LogP contribution in [0, 0.1) is 13.8 Å². The van der Waals surface area contributed by atoms with Crippen LogP contribution in [0.1, 0.15) is 46.9 Å². The van der Waals surface area contributed by atoms with Gasteiger partial charge in [0, 0.05) is 5.39 Å². The van der Waals surface area contributed by atoms with Crippen molar-refractivity contribution in [3.63, 3.8) is 0 Å². The van der Waals surface area contributed by atoms with E-state index >= 15 is 0 Å². The standard InChI is InChI=1S/C19H23N3O5/c1-4-26-19(25)15-10(2)8-12-14(21-22-17(23)16(12)11(15)3)9-27-18(24)13-6-5-7-20-13/h8,13,20H,4-7,9H2,1-3H3,(H,22,23). The smallest absolute Gasteiger partial charge is 0.338 e. The summed E-state index contributed by atoms with van der Waals surface area (Å²) in [7, 11) is 0. The molecule has 1 aliphatic rings. The van der Waals surface area contributed by atoms with E-state index in [1.807, 2.05) is 0 Å². The molecule has 0 spiro atoms. The quantitative estimate of drug-likeness (QED) is 0.764. The Hall–Kier alpha value is -2.74. The van der Waals surface area contributed by atoms with Crippen LogP contribution < -0.4 is 10.9 Å². The Labute approximate surface area is 156 Å². The van der Waals surface area contributed by atoms with E-state index in [-0.39, 0.29) is 25.2 Å². The monoisotopic (exact) mass is 373 g/mol. The second-order valence-electron chi connectivity index (χ2n) is 6.59. The molecule has 27 heavy (non-hydrogen) atoms. The summed E-state index contributed by atoms with van der Waals surface area (Å²) >= 11 is 0. The number of ether oxygens (including phenoxy) is 2. The fourth-order valence-electron chi connectivity index (χ4n) is 3.49. The molecule has 0 amide bonds. The van der Waals surface area contributed by atoms with E-state index in [2.05, 4.69) is 15.5 Å². The second kappa shape index (κ2) is 7.87. The van der Waals surface area contributed by atoms with Crippen molar-refractivity contribution in [3.8, 4) is 0 Å². The first-order chi connectivity index (χ1) is 12.9. The third kappa shape index (κ3) is 3.71. The Morgan fingerprint density at radius 3 is 2.74 bits per heavy atom. The number of nitrogens with zero attached hydrogens (tertiary/aromatic N) is 1. The van der Waals surface area contributed by atoms with Gasteiger partial charge in [0.2, 0.25) is 0 Å². The first kappa shape index (κ1) is 19.0. The maximum Gasteiger partial charge on any atom is 0.338 e. The van der Waals surface area contributed by atoms with Crippen LogP contribution in [-0.2, 0) is 20.9 Å². The van der Waals surface area contributed by atoms with Crippen LogP contribution >= 0.6 is 0 Å². The maximum absolute atomic E-state index is 12.4. The first-order valence-corrected chi connectivity index (χ1v) is 9.02. The highest BCUT2D eigenvalue weighted by Crippen LogP contribution is 2.25. The fourth-order valence-corrected chi connectivity index (χ4v) is 3.49. The van der Waals surface area contributed by atoms with Gasteiger partial charge in [0.25, 0.3) is 5.56 Å². The van der Waals surface area contributed by atoms with Gasteiger partial charge in [-0.05, 0) is 57.4 Å². The fraction of sp³-hybridized carbons (Fsp3) is 0.474. The van der Waals surface area contributed by atoms with Gasteiger partial charge < -0.3 is 14.8 Å². The molecule has 0 aliphatic carbocycles. The van der Waals surface area contributed by atoms with E-state index in [4.69, 9.17) is 9.47 Å². The number of aryl methyl sites for hydroxylation is 2. The molecule has 2 N–H and O–H groups in total.